The van der Waals surface area contributed by atoms with E-state index in [1.54, 1.807) is 0 Å². The summed E-state index contributed by atoms with van der Waals surface area (Å²) >= 11 is 1.39. The molecule has 1 aromatic heterocycles. The number of Topliss-reactive ketones (excluding diaryl/α,β-unsaturated/α-hetero) is 2. The lowest BCUT2D eigenvalue weighted by atomic mass is 10.1. The second-order valence-electron chi connectivity index (χ2n) is 3.41. The van der Waals surface area contributed by atoms with E-state index in [-0.39, 0.29) is 11.6 Å². The summed E-state index contributed by atoms with van der Waals surface area (Å²) in [6.45, 7) is 3.00. The summed E-state index contributed by atoms with van der Waals surface area (Å²) in [6, 6.07) is 7.60. The van der Waals surface area contributed by atoms with Crippen molar-refractivity contribution in [1.29, 1.82) is 0 Å². The molecule has 0 amide bonds. The zero-order valence-corrected chi connectivity index (χ0v) is 9.35. The third-order valence-corrected chi connectivity index (χ3v) is 3.54. The first-order valence-corrected chi connectivity index (χ1v) is 5.46. The predicted molar refractivity (Wildman–Crippen MR) is 61.8 cm³/mol. The molecule has 0 aliphatic carbocycles. The smallest absolute Gasteiger partial charge is 0.170 e. The lowest BCUT2D eigenvalue weighted by Crippen LogP contribution is -1.99. The quantitative estimate of drug-likeness (QED) is 0.725. The number of benzene rings is 1. The van der Waals surface area contributed by atoms with Gasteiger partial charge in [-0.3, -0.25) is 9.59 Å². The Morgan fingerprint density at radius 3 is 2.33 bits per heavy atom. The highest BCUT2D eigenvalue weighted by Crippen LogP contribution is 2.31. The summed E-state index contributed by atoms with van der Waals surface area (Å²) in [5, 5.41) is 0.889. The SMILES string of the molecule is CC(=O)c1sc2ccccc2c1C(C)=O. The van der Waals surface area contributed by atoms with Crippen molar-refractivity contribution in [3.63, 3.8) is 0 Å². The van der Waals surface area contributed by atoms with Gasteiger partial charge in [-0.25, -0.2) is 0 Å². The fourth-order valence-corrected chi connectivity index (χ4v) is 2.79. The van der Waals surface area contributed by atoms with Crippen molar-refractivity contribution in [3.8, 4) is 0 Å². The van der Waals surface area contributed by atoms with E-state index >= 15 is 0 Å². The molecule has 0 fully saturated rings. The van der Waals surface area contributed by atoms with Crippen LogP contribution in [0.1, 0.15) is 33.9 Å². The Kier molecular flexibility index (Phi) is 2.40. The van der Waals surface area contributed by atoms with E-state index in [1.165, 1.54) is 25.2 Å². The Labute approximate surface area is 91.5 Å². The standard InChI is InChI=1S/C12H10O2S/c1-7(13)11-9-5-3-4-6-10(9)15-12(11)8(2)14/h3-6H,1-2H3. The first kappa shape index (κ1) is 10.1. The monoisotopic (exact) mass is 218 g/mol. The van der Waals surface area contributed by atoms with Crippen molar-refractivity contribution in [2.75, 3.05) is 0 Å². The van der Waals surface area contributed by atoms with Crippen molar-refractivity contribution in [1.82, 2.24) is 0 Å². The molecule has 0 aliphatic rings. The molecule has 1 aromatic carbocycles. The number of hydrogen-bond acceptors (Lipinski definition) is 3. The van der Waals surface area contributed by atoms with Crippen molar-refractivity contribution < 1.29 is 9.59 Å². The molecule has 15 heavy (non-hydrogen) atoms. The van der Waals surface area contributed by atoms with Gasteiger partial charge in [0.2, 0.25) is 0 Å². The van der Waals surface area contributed by atoms with Crippen LogP contribution in [0.3, 0.4) is 0 Å². The molecule has 1 heterocycles. The molecule has 0 atom stereocenters. The fourth-order valence-electron chi connectivity index (χ4n) is 1.64. The third kappa shape index (κ3) is 1.59. The summed E-state index contributed by atoms with van der Waals surface area (Å²) < 4.78 is 0.993. The molecule has 3 heteroatoms. The van der Waals surface area contributed by atoms with E-state index in [2.05, 4.69) is 0 Å². The van der Waals surface area contributed by atoms with Crippen LogP contribution in [0, 0.1) is 0 Å². The molecule has 0 unspecified atom stereocenters. The number of carbonyl (C=O) groups is 2. The molecular weight excluding hydrogens is 208 g/mol. The maximum atomic E-state index is 11.5. The first-order chi connectivity index (χ1) is 7.11. The van der Waals surface area contributed by atoms with Gasteiger partial charge in [0.1, 0.15) is 0 Å². The molecule has 0 N–H and O–H groups in total. The zero-order chi connectivity index (χ0) is 11.0. The average Bonchev–Trinajstić information content (AvgIpc) is 2.56. The predicted octanol–water partition coefficient (Wildman–Crippen LogP) is 3.31. The van der Waals surface area contributed by atoms with E-state index in [0.29, 0.717) is 10.4 Å². The van der Waals surface area contributed by atoms with Crippen LogP contribution in [-0.2, 0) is 0 Å². The Hall–Kier alpha value is -1.48. The van der Waals surface area contributed by atoms with Crippen molar-refractivity contribution in [2.24, 2.45) is 0 Å². The van der Waals surface area contributed by atoms with Crippen LogP contribution in [0.2, 0.25) is 0 Å². The summed E-state index contributed by atoms with van der Waals surface area (Å²) in [7, 11) is 0. The van der Waals surface area contributed by atoms with Gasteiger partial charge < -0.3 is 0 Å². The van der Waals surface area contributed by atoms with Crippen molar-refractivity contribution in [2.45, 2.75) is 13.8 Å². The maximum absolute atomic E-state index is 11.5. The second kappa shape index (κ2) is 3.59. The summed E-state index contributed by atoms with van der Waals surface area (Å²) in [5.41, 5.74) is 0.572. The molecule has 2 rings (SSSR count). The molecule has 0 aliphatic heterocycles. The molecule has 0 saturated heterocycles. The van der Waals surface area contributed by atoms with Gasteiger partial charge in [-0.1, -0.05) is 18.2 Å². The number of hydrogen-bond donors (Lipinski definition) is 0. The van der Waals surface area contributed by atoms with Gasteiger partial charge in [-0.05, 0) is 19.9 Å². The summed E-state index contributed by atoms with van der Waals surface area (Å²) in [5.74, 6) is -0.0842. The topological polar surface area (TPSA) is 34.1 Å². The Bertz CT molecular complexity index is 552. The molecule has 2 nitrogen and oxygen atoms in total. The number of ketones is 2. The Balaban J connectivity index is 2.86. The normalized spacial score (nSPS) is 10.5. The van der Waals surface area contributed by atoms with E-state index in [4.69, 9.17) is 0 Å². The highest BCUT2D eigenvalue weighted by Gasteiger charge is 2.17. The third-order valence-electron chi connectivity index (χ3n) is 2.27. The van der Waals surface area contributed by atoms with E-state index in [0.717, 1.165) is 10.1 Å². The van der Waals surface area contributed by atoms with Crippen LogP contribution in [0.4, 0.5) is 0 Å². The van der Waals surface area contributed by atoms with Gasteiger partial charge in [-0.2, -0.15) is 0 Å². The van der Waals surface area contributed by atoms with Gasteiger partial charge in [0.05, 0.1) is 4.88 Å². The van der Waals surface area contributed by atoms with Gasteiger partial charge >= 0.3 is 0 Å². The Morgan fingerprint density at radius 1 is 1.07 bits per heavy atom. The first-order valence-electron chi connectivity index (χ1n) is 4.64. The number of thiophene rings is 1. The van der Waals surface area contributed by atoms with Gasteiger partial charge in [0.15, 0.2) is 11.6 Å². The second-order valence-corrected chi connectivity index (χ2v) is 4.47. The minimum absolute atomic E-state index is 0.0404. The zero-order valence-electron chi connectivity index (χ0n) is 8.53. The number of carbonyl (C=O) groups excluding carboxylic acids is 2. The number of fused-ring (bicyclic) bond motifs is 1. The summed E-state index contributed by atoms with van der Waals surface area (Å²) in [4.78, 5) is 23.5. The van der Waals surface area contributed by atoms with Crippen LogP contribution >= 0.6 is 11.3 Å². The molecule has 0 radical (unpaired) electrons. The van der Waals surface area contributed by atoms with Crippen LogP contribution in [0.15, 0.2) is 24.3 Å². The van der Waals surface area contributed by atoms with E-state index < -0.39 is 0 Å². The maximum Gasteiger partial charge on any atom is 0.170 e. The van der Waals surface area contributed by atoms with E-state index in [9.17, 15) is 9.59 Å². The minimum Gasteiger partial charge on any atom is -0.294 e. The molecule has 0 spiro atoms. The largest absolute Gasteiger partial charge is 0.294 e. The molecule has 0 bridgehead atoms. The fraction of sp³-hybridized carbons (Fsp3) is 0.167. The molecule has 0 saturated carbocycles. The lowest BCUT2D eigenvalue weighted by molar-refractivity contribution is 0.0985. The van der Waals surface area contributed by atoms with Crippen LogP contribution < -0.4 is 0 Å². The molecule has 76 valence electrons. The highest BCUT2D eigenvalue weighted by molar-refractivity contribution is 7.21. The Morgan fingerprint density at radius 2 is 1.73 bits per heavy atom. The van der Waals surface area contributed by atoms with Crippen LogP contribution in [-0.4, -0.2) is 11.6 Å². The molecular formula is C12H10O2S. The number of rotatable bonds is 2. The summed E-state index contributed by atoms with van der Waals surface area (Å²) in [6.07, 6.45) is 0. The minimum atomic E-state index is -0.0438. The van der Waals surface area contributed by atoms with Crippen molar-refractivity contribution >= 4 is 33.0 Å². The van der Waals surface area contributed by atoms with Gasteiger partial charge in [-0.15, -0.1) is 11.3 Å². The van der Waals surface area contributed by atoms with Crippen LogP contribution in [0.5, 0.6) is 0 Å². The van der Waals surface area contributed by atoms with E-state index in [1.807, 2.05) is 24.3 Å². The highest BCUT2D eigenvalue weighted by atomic mass is 32.1. The van der Waals surface area contributed by atoms with Crippen molar-refractivity contribution in [3.05, 3.63) is 34.7 Å². The van der Waals surface area contributed by atoms with Gasteiger partial charge in [0.25, 0.3) is 0 Å². The molecule has 2 aromatic rings. The van der Waals surface area contributed by atoms with Crippen LogP contribution in [0.25, 0.3) is 10.1 Å². The average molecular weight is 218 g/mol. The lowest BCUT2D eigenvalue weighted by Gasteiger charge is -1.95. The van der Waals surface area contributed by atoms with Gasteiger partial charge in [0, 0.05) is 15.6 Å².